The van der Waals surface area contributed by atoms with E-state index in [2.05, 4.69) is 16.0 Å². The molecule has 0 aromatic carbocycles. The Morgan fingerprint density at radius 1 is 0.833 bits per heavy atom. The number of nitrogens with zero attached hydrogens (tertiary/aromatic N) is 1. The molecule has 0 aromatic heterocycles. The predicted octanol–water partition coefficient (Wildman–Crippen LogP) is 1.78. The first-order chi connectivity index (χ1) is 11.2. The van der Waals surface area contributed by atoms with Crippen LogP contribution in [0, 0.1) is 0 Å². The highest BCUT2D eigenvalue weighted by molar-refractivity contribution is 5.85. The SMILES string of the molecule is Cl.O=C(NC1CCCCC1)NC1CCN(C(=O)C2CCCN2)CC1. The molecule has 1 saturated carbocycles. The highest BCUT2D eigenvalue weighted by Crippen LogP contribution is 2.18. The second kappa shape index (κ2) is 9.47. The van der Waals surface area contributed by atoms with Crippen molar-refractivity contribution in [2.24, 2.45) is 0 Å². The van der Waals surface area contributed by atoms with E-state index in [4.69, 9.17) is 0 Å². The van der Waals surface area contributed by atoms with Crippen LogP contribution in [0.3, 0.4) is 0 Å². The molecule has 6 nitrogen and oxygen atoms in total. The maximum atomic E-state index is 12.4. The van der Waals surface area contributed by atoms with Crippen molar-refractivity contribution in [2.45, 2.75) is 75.9 Å². The molecule has 24 heavy (non-hydrogen) atoms. The van der Waals surface area contributed by atoms with Gasteiger partial charge in [0.25, 0.3) is 0 Å². The van der Waals surface area contributed by atoms with Crippen LogP contribution in [-0.2, 0) is 4.79 Å². The summed E-state index contributed by atoms with van der Waals surface area (Å²) in [4.78, 5) is 26.4. The summed E-state index contributed by atoms with van der Waals surface area (Å²) in [5.41, 5.74) is 0. The molecule has 3 amide bonds. The average Bonchev–Trinajstić information content (AvgIpc) is 3.10. The number of halogens is 1. The number of hydrogen-bond donors (Lipinski definition) is 3. The number of hydrogen-bond acceptors (Lipinski definition) is 3. The van der Waals surface area contributed by atoms with Crippen molar-refractivity contribution in [1.29, 1.82) is 0 Å². The monoisotopic (exact) mass is 358 g/mol. The molecular formula is C17H31ClN4O2. The van der Waals surface area contributed by atoms with E-state index >= 15 is 0 Å². The van der Waals surface area contributed by atoms with Gasteiger partial charge in [0.05, 0.1) is 6.04 Å². The van der Waals surface area contributed by atoms with Gasteiger partial charge in [0, 0.05) is 25.2 Å². The van der Waals surface area contributed by atoms with E-state index in [1.807, 2.05) is 4.90 Å². The van der Waals surface area contributed by atoms with Crippen molar-refractivity contribution in [1.82, 2.24) is 20.9 Å². The van der Waals surface area contributed by atoms with Gasteiger partial charge in [-0.2, -0.15) is 0 Å². The lowest BCUT2D eigenvalue weighted by atomic mass is 9.96. The minimum Gasteiger partial charge on any atom is -0.341 e. The Balaban J connectivity index is 0.00000208. The smallest absolute Gasteiger partial charge is 0.315 e. The standard InChI is InChI=1S/C17H30N4O2.ClH/c22-16(15-7-4-10-18-15)21-11-8-14(9-12-21)20-17(23)19-13-5-2-1-3-6-13;/h13-15,18H,1-12H2,(H2,19,20,23);1H. The van der Waals surface area contributed by atoms with E-state index in [-0.39, 0.29) is 36.4 Å². The van der Waals surface area contributed by atoms with Crippen LogP contribution in [0.1, 0.15) is 57.8 Å². The number of piperidine rings is 1. The predicted molar refractivity (Wildman–Crippen MR) is 96.4 cm³/mol. The molecule has 2 aliphatic heterocycles. The van der Waals surface area contributed by atoms with E-state index in [1.165, 1.54) is 19.3 Å². The zero-order valence-corrected chi connectivity index (χ0v) is 15.2. The zero-order valence-electron chi connectivity index (χ0n) is 14.4. The molecule has 1 unspecified atom stereocenters. The molecule has 0 spiro atoms. The van der Waals surface area contributed by atoms with E-state index in [0.717, 1.165) is 58.2 Å². The fourth-order valence-electron chi connectivity index (χ4n) is 4.02. The van der Waals surface area contributed by atoms with Crippen LogP contribution in [0.15, 0.2) is 0 Å². The molecule has 7 heteroatoms. The summed E-state index contributed by atoms with van der Waals surface area (Å²) in [6.07, 6.45) is 9.72. The van der Waals surface area contributed by atoms with Crippen LogP contribution in [0.2, 0.25) is 0 Å². The number of likely N-dealkylation sites (tertiary alicyclic amines) is 1. The van der Waals surface area contributed by atoms with Gasteiger partial charge in [0.2, 0.25) is 5.91 Å². The minimum atomic E-state index is -0.0286. The highest BCUT2D eigenvalue weighted by Gasteiger charge is 2.30. The summed E-state index contributed by atoms with van der Waals surface area (Å²) >= 11 is 0. The van der Waals surface area contributed by atoms with Crippen molar-refractivity contribution in [3.8, 4) is 0 Å². The van der Waals surface area contributed by atoms with Gasteiger partial charge in [0.1, 0.15) is 0 Å². The number of carbonyl (C=O) groups is 2. The maximum absolute atomic E-state index is 12.4. The van der Waals surface area contributed by atoms with Crippen molar-refractivity contribution in [3.63, 3.8) is 0 Å². The van der Waals surface area contributed by atoms with Crippen LogP contribution in [0.25, 0.3) is 0 Å². The molecule has 2 heterocycles. The summed E-state index contributed by atoms with van der Waals surface area (Å²) in [5, 5.41) is 9.47. The fourth-order valence-corrected chi connectivity index (χ4v) is 4.02. The molecule has 3 rings (SSSR count). The molecule has 0 aromatic rings. The molecule has 0 radical (unpaired) electrons. The Kier molecular flexibility index (Phi) is 7.62. The van der Waals surface area contributed by atoms with Gasteiger partial charge in [0.15, 0.2) is 0 Å². The molecule has 3 N–H and O–H groups in total. The summed E-state index contributed by atoms with van der Waals surface area (Å²) < 4.78 is 0. The molecule has 3 fully saturated rings. The Bertz CT molecular complexity index is 415. The van der Waals surface area contributed by atoms with Crippen LogP contribution >= 0.6 is 12.4 Å². The maximum Gasteiger partial charge on any atom is 0.315 e. The van der Waals surface area contributed by atoms with Gasteiger partial charge < -0.3 is 20.9 Å². The lowest BCUT2D eigenvalue weighted by Crippen LogP contribution is -2.53. The van der Waals surface area contributed by atoms with Gasteiger partial charge in [-0.1, -0.05) is 19.3 Å². The summed E-state index contributed by atoms with van der Waals surface area (Å²) in [5.74, 6) is 0.243. The molecule has 1 atom stereocenters. The number of rotatable bonds is 3. The van der Waals surface area contributed by atoms with E-state index in [0.29, 0.717) is 6.04 Å². The molecule has 0 bridgehead atoms. The van der Waals surface area contributed by atoms with E-state index in [9.17, 15) is 9.59 Å². The van der Waals surface area contributed by atoms with E-state index < -0.39 is 0 Å². The van der Waals surface area contributed by atoms with Crippen LogP contribution in [0.4, 0.5) is 4.79 Å². The number of urea groups is 1. The third-order valence-electron chi connectivity index (χ3n) is 5.44. The third kappa shape index (κ3) is 5.24. The third-order valence-corrected chi connectivity index (χ3v) is 5.44. The quantitative estimate of drug-likeness (QED) is 0.720. The molecule has 138 valence electrons. The van der Waals surface area contributed by atoms with Gasteiger partial charge in [-0.3, -0.25) is 4.79 Å². The Morgan fingerprint density at radius 3 is 2.04 bits per heavy atom. The minimum absolute atomic E-state index is 0. The number of amides is 3. The first-order valence-corrected chi connectivity index (χ1v) is 9.31. The average molecular weight is 359 g/mol. The molecule has 3 aliphatic rings. The molecule has 2 saturated heterocycles. The first kappa shape index (κ1) is 19.3. The lowest BCUT2D eigenvalue weighted by molar-refractivity contribution is -0.134. The van der Waals surface area contributed by atoms with Gasteiger partial charge in [-0.05, 0) is 45.1 Å². The molecular weight excluding hydrogens is 328 g/mol. The van der Waals surface area contributed by atoms with Crippen molar-refractivity contribution in [2.75, 3.05) is 19.6 Å². The van der Waals surface area contributed by atoms with Crippen LogP contribution < -0.4 is 16.0 Å². The fraction of sp³-hybridized carbons (Fsp3) is 0.882. The summed E-state index contributed by atoms with van der Waals surface area (Å²) in [6.45, 7) is 2.46. The van der Waals surface area contributed by atoms with Crippen LogP contribution in [0.5, 0.6) is 0 Å². The van der Waals surface area contributed by atoms with Crippen molar-refractivity contribution in [3.05, 3.63) is 0 Å². The molecule has 1 aliphatic carbocycles. The topological polar surface area (TPSA) is 73.5 Å². The normalized spacial score (nSPS) is 25.8. The Hall–Kier alpha value is -1.01. The zero-order chi connectivity index (χ0) is 16.1. The van der Waals surface area contributed by atoms with Gasteiger partial charge in [-0.25, -0.2) is 4.79 Å². The van der Waals surface area contributed by atoms with Crippen LogP contribution in [-0.4, -0.2) is 54.6 Å². The summed E-state index contributed by atoms with van der Waals surface area (Å²) in [6, 6.07) is 0.534. The van der Waals surface area contributed by atoms with E-state index in [1.54, 1.807) is 0 Å². The first-order valence-electron chi connectivity index (χ1n) is 9.31. The highest BCUT2D eigenvalue weighted by atomic mass is 35.5. The largest absolute Gasteiger partial charge is 0.341 e. The van der Waals surface area contributed by atoms with Gasteiger partial charge in [-0.15, -0.1) is 12.4 Å². The number of nitrogens with one attached hydrogen (secondary N) is 3. The van der Waals surface area contributed by atoms with Crippen molar-refractivity contribution >= 4 is 24.3 Å². The second-order valence-corrected chi connectivity index (χ2v) is 7.20. The lowest BCUT2D eigenvalue weighted by Gasteiger charge is -2.34. The second-order valence-electron chi connectivity index (χ2n) is 7.20. The van der Waals surface area contributed by atoms with Gasteiger partial charge >= 0.3 is 6.03 Å². The number of carbonyl (C=O) groups excluding carboxylic acids is 2. The van der Waals surface area contributed by atoms with Crippen molar-refractivity contribution < 1.29 is 9.59 Å². The Labute approximate surface area is 150 Å². The summed E-state index contributed by atoms with van der Waals surface area (Å²) in [7, 11) is 0. The Morgan fingerprint density at radius 2 is 1.46 bits per heavy atom.